The van der Waals surface area contributed by atoms with E-state index < -0.39 is 0 Å². The van der Waals surface area contributed by atoms with E-state index in [9.17, 15) is 0 Å². The van der Waals surface area contributed by atoms with E-state index in [1.165, 1.54) is 0 Å². The van der Waals surface area contributed by atoms with Gasteiger partial charge < -0.3 is 5.32 Å². The van der Waals surface area contributed by atoms with Crippen molar-refractivity contribution in [3.05, 3.63) is 87.9 Å². The van der Waals surface area contributed by atoms with Crippen molar-refractivity contribution in [1.82, 2.24) is 9.97 Å². The van der Waals surface area contributed by atoms with Crippen molar-refractivity contribution in [2.75, 3.05) is 5.32 Å². The summed E-state index contributed by atoms with van der Waals surface area (Å²) in [5.41, 5.74) is 2.88. The van der Waals surface area contributed by atoms with Crippen LogP contribution >= 0.6 is 27.5 Å². The van der Waals surface area contributed by atoms with Crippen LogP contribution in [0, 0.1) is 0 Å². The Morgan fingerprint density at radius 3 is 2.68 bits per heavy atom. The molecule has 2 heterocycles. The summed E-state index contributed by atoms with van der Waals surface area (Å²) in [6.07, 6.45) is 5.32. The zero-order valence-corrected chi connectivity index (χ0v) is 13.9. The molecular formula is C17H13BrClN3. The van der Waals surface area contributed by atoms with E-state index in [1.54, 1.807) is 18.6 Å². The number of halogens is 2. The fourth-order valence-electron chi connectivity index (χ4n) is 2.22. The van der Waals surface area contributed by atoms with Gasteiger partial charge in [-0.3, -0.25) is 9.97 Å². The van der Waals surface area contributed by atoms with E-state index in [2.05, 4.69) is 31.2 Å². The molecule has 0 spiro atoms. The molecule has 1 atom stereocenters. The molecule has 0 aliphatic rings. The number of anilines is 1. The third-order valence-electron chi connectivity index (χ3n) is 3.18. The minimum absolute atomic E-state index is 0.101. The highest BCUT2D eigenvalue weighted by molar-refractivity contribution is 9.10. The lowest BCUT2D eigenvalue weighted by atomic mass is 10.0. The second-order valence-electron chi connectivity index (χ2n) is 4.78. The van der Waals surface area contributed by atoms with Crippen LogP contribution in [0.1, 0.15) is 17.3 Å². The molecule has 0 amide bonds. The average Bonchev–Trinajstić information content (AvgIpc) is 2.53. The number of benzene rings is 1. The molecule has 5 heteroatoms. The van der Waals surface area contributed by atoms with Gasteiger partial charge in [-0.15, -0.1) is 0 Å². The Labute approximate surface area is 142 Å². The Bertz CT molecular complexity index is 765. The van der Waals surface area contributed by atoms with E-state index in [4.69, 9.17) is 11.6 Å². The van der Waals surface area contributed by atoms with Crippen LogP contribution in [0.25, 0.3) is 0 Å². The lowest BCUT2D eigenvalue weighted by molar-refractivity contribution is 0.885. The van der Waals surface area contributed by atoms with E-state index in [-0.39, 0.29) is 6.04 Å². The van der Waals surface area contributed by atoms with Gasteiger partial charge in [-0.1, -0.05) is 29.8 Å². The van der Waals surface area contributed by atoms with Crippen molar-refractivity contribution >= 4 is 33.2 Å². The first-order valence-corrected chi connectivity index (χ1v) is 7.93. The smallest absolute Gasteiger partial charge is 0.0940 e. The van der Waals surface area contributed by atoms with E-state index in [0.29, 0.717) is 5.02 Å². The molecule has 3 nitrogen and oxygen atoms in total. The quantitative estimate of drug-likeness (QED) is 0.691. The molecule has 0 aliphatic heterocycles. The highest BCUT2D eigenvalue weighted by Gasteiger charge is 2.15. The predicted molar refractivity (Wildman–Crippen MR) is 93.1 cm³/mol. The first kappa shape index (κ1) is 15.0. The maximum Gasteiger partial charge on any atom is 0.0940 e. The molecule has 1 unspecified atom stereocenters. The van der Waals surface area contributed by atoms with Gasteiger partial charge in [-0.25, -0.2) is 0 Å². The van der Waals surface area contributed by atoms with Crippen LogP contribution in [-0.2, 0) is 0 Å². The van der Waals surface area contributed by atoms with Crippen LogP contribution in [0.3, 0.4) is 0 Å². The molecule has 0 bridgehead atoms. The Morgan fingerprint density at radius 2 is 1.95 bits per heavy atom. The largest absolute Gasteiger partial charge is 0.371 e. The Balaban J connectivity index is 2.00. The summed E-state index contributed by atoms with van der Waals surface area (Å²) in [7, 11) is 0. The molecule has 1 aromatic carbocycles. The molecule has 3 aromatic rings. The Hall–Kier alpha value is -1.91. The number of nitrogens with one attached hydrogen (secondary N) is 1. The van der Waals surface area contributed by atoms with Gasteiger partial charge in [0.05, 0.1) is 23.6 Å². The first-order valence-electron chi connectivity index (χ1n) is 6.76. The lowest BCUT2D eigenvalue weighted by Gasteiger charge is -2.20. The average molecular weight is 375 g/mol. The van der Waals surface area contributed by atoms with Crippen LogP contribution in [-0.4, -0.2) is 9.97 Å². The predicted octanol–water partition coefficient (Wildman–Crippen LogP) is 5.09. The highest BCUT2D eigenvalue weighted by atomic mass is 79.9. The molecule has 3 rings (SSSR count). The SMILES string of the molecule is Clc1cccc(C(Nc2cncc(Br)c2)c2ccccn2)c1. The van der Waals surface area contributed by atoms with Crippen molar-refractivity contribution in [2.24, 2.45) is 0 Å². The van der Waals surface area contributed by atoms with Gasteiger partial charge in [0, 0.05) is 21.9 Å². The molecule has 1 N–H and O–H groups in total. The second kappa shape index (κ2) is 6.90. The van der Waals surface area contributed by atoms with E-state index >= 15 is 0 Å². The molecular weight excluding hydrogens is 362 g/mol. The zero-order valence-electron chi connectivity index (χ0n) is 11.6. The van der Waals surface area contributed by atoms with Gasteiger partial charge >= 0.3 is 0 Å². The summed E-state index contributed by atoms with van der Waals surface area (Å²) in [5.74, 6) is 0. The highest BCUT2D eigenvalue weighted by Crippen LogP contribution is 2.27. The van der Waals surface area contributed by atoms with Gasteiger partial charge in [0.1, 0.15) is 0 Å². The zero-order chi connectivity index (χ0) is 15.4. The maximum atomic E-state index is 6.14. The number of aromatic nitrogens is 2. The molecule has 0 aliphatic carbocycles. The van der Waals surface area contributed by atoms with Crippen LogP contribution in [0.15, 0.2) is 71.6 Å². The van der Waals surface area contributed by atoms with Gasteiger partial charge in [0.2, 0.25) is 0 Å². The normalized spacial score (nSPS) is 11.9. The molecule has 0 radical (unpaired) electrons. The van der Waals surface area contributed by atoms with Gasteiger partial charge in [0.15, 0.2) is 0 Å². The van der Waals surface area contributed by atoms with Crippen LogP contribution in [0.4, 0.5) is 5.69 Å². The van der Waals surface area contributed by atoms with Crippen LogP contribution in [0.5, 0.6) is 0 Å². The van der Waals surface area contributed by atoms with Gasteiger partial charge in [0.25, 0.3) is 0 Å². The third kappa shape index (κ3) is 3.64. The molecule has 110 valence electrons. The topological polar surface area (TPSA) is 37.8 Å². The number of rotatable bonds is 4. The monoisotopic (exact) mass is 373 g/mol. The van der Waals surface area contributed by atoms with Crippen molar-refractivity contribution in [2.45, 2.75) is 6.04 Å². The summed E-state index contributed by atoms with van der Waals surface area (Å²) < 4.78 is 0.920. The van der Waals surface area contributed by atoms with E-state index in [0.717, 1.165) is 21.4 Å². The fraction of sp³-hybridized carbons (Fsp3) is 0.0588. The van der Waals surface area contributed by atoms with Crippen molar-refractivity contribution in [3.63, 3.8) is 0 Å². The van der Waals surface area contributed by atoms with E-state index in [1.807, 2.05) is 48.5 Å². The number of hydrogen-bond acceptors (Lipinski definition) is 3. The van der Waals surface area contributed by atoms with Crippen LogP contribution < -0.4 is 5.32 Å². The summed E-state index contributed by atoms with van der Waals surface area (Å²) in [5, 5.41) is 4.17. The molecule has 0 saturated heterocycles. The molecule has 0 saturated carbocycles. The minimum atomic E-state index is -0.101. The minimum Gasteiger partial charge on any atom is -0.371 e. The Morgan fingerprint density at radius 1 is 1.05 bits per heavy atom. The van der Waals surface area contributed by atoms with Crippen LogP contribution in [0.2, 0.25) is 5.02 Å². The summed E-state index contributed by atoms with van der Waals surface area (Å²) in [6.45, 7) is 0. The van der Waals surface area contributed by atoms with Gasteiger partial charge in [-0.05, 0) is 51.8 Å². The number of hydrogen-bond donors (Lipinski definition) is 1. The molecule has 0 fully saturated rings. The molecule has 2 aromatic heterocycles. The third-order valence-corrected chi connectivity index (χ3v) is 3.85. The van der Waals surface area contributed by atoms with Gasteiger partial charge in [-0.2, -0.15) is 0 Å². The lowest BCUT2D eigenvalue weighted by Crippen LogP contribution is -2.14. The summed E-state index contributed by atoms with van der Waals surface area (Å²) in [6, 6.07) is 15.5. The van der Waals surface area contributed by atoms with Crippen molar-refractivity contribution < 1.29 is 0 Å². The Kier molecular flexibility index (Phi) is 4.71. The van der Waals surface area contributed by atoms with Crippen molar-refractivity contribution in [1.29, 1.82) is 0 Å². The first-order chi connectivity index (χ1) is 10.7. The second-order valence-corrected chi connectivity index (χ2v) is 6.13. The maximum absolute atomic E-state index is 6.14. The van der Waals surface area contributed by atoms with Crippen molar-refractivity contribution in [3.8, 4) is 0 Å². The summed E-state index contributed by atoms with van der Waals surface area (Å²) in [4.78, 5) is 8.65. The summed E-state index contributed by atoms with van der Waals surface area (Å²) >= 11 is 9.57. The number of nitrogens with zero attached hydrogens (tertiary/aromatic N) is 2. The fourth-order valence-corrected chi connectivity index (χ4v) is 2.78. The number of pyridine rings is 2. The standard InChI is InChI=1S/C17H13BrClN3/c18-13-9-15(11-20-10-13)22-17(16-6-1-2-7-21-16)12-4-3-5-14(19)8-12/h1-11,17,22H. The molecule has 22 heavy (non-hydrogen) atoms.